The quantitative estimate of drug-likeness (QED) is 0.871. The predicted molar refractivity (Wildman–Crippen MR) is 83.6 cm³/mol. The molecule has 20 heavy (non-hydrogen) atoms. The van der Waals surface area contributed by atoms with Gasteiger partial charge in [-0.15, -0.1) is 0 Å². The van der Waals surface area contributed by atoms with E-state index in [1.54, 1.807) is 6.33 Å². The highest BCUT2D eigenvalue weighted by molar-refractivity contribution is 5.62. The van der Waals surface area contributed by atoms with E-state index < -0.39 is 0 Å². The maximum atomic E-state index is 4.06. The Morgan fingerprint density at radius 1 is 1.15 bits per heavy atom. The first-order chi connectivity index (χ1) is 9.74. The molecule has 1 aliphatic rings. The van der Waals surface area contributed by atoms with Crippen LogP contribution in [0.1, 0.15) is 33.1 Å². The van der Waals surface area contributed by atoms with Crippen LogP contribution in [0.25, 0.3) is 11.3 Å². The van der Waals surface area contributed by atoms with Crippen molar-refractivity contribution in [3.8, 4) is 11.3 Å². The van der Waals surface area contributed by atoms with Crippen molar-refractivity contribution in [2.45, 2.75) is 39.2 Å². The Morgan fingerprint density at radius 2 is 1.95 bits per heavy atom. The molecule has 3 atom stereocenters. The fourth-order valence-corrected chi connectivity index (χ4v) is 3.16. The Balaban J connectivity index is 1.69. The predicted octanol–water partition coefficient (Wildman–Crippen LogP) is 4.31. The Morgan fingerprint density at radius 3 is 2.65 bits per heavy atom. The highest BCUT2D eigenvalue weighted by Gasteiger charge is 2.26. The van der Waals surface area contributed by atoms with E-state index in [1.807, 2.05) is 6.20 Å². The molecule has 0 radical (unpaired) electrons. The van der Waals surface area contributed by atoms with Crippen molar-refractivity contribution in [1.29, 1.82) is 0 Å². The first kappa shape index (κ1) is 13.2. The number of H-pyrrole nitrogens is 1. The zero-order valence-corrected chi connectivity index (χ0v) is 12.3. The fraction of sp³-hybridized carbons (Fsp3) is 0.471. The Hall–Kier alpha value is -1.77. The summed E-state index contributed by atoms with van der Waals surface area (Å²) in [6, 6.07) is 9.24. The van der Waals surface area contributed by atoms with Crippen LogP contribution < -0.4 is 5.32 Å². The van der Waals surface area contributed by atoms with Gasteiger partial charge in [0.25, 0.3) is 0 Å². The largest absolute Gasteiger partial charge is 0.382 e. The first-order valence-electron chi connectivity index (χ1n) is 7.59. The van der Waals surface area contributed by atoms with Crippen molar-refractivity contribution in [1.82, 2.24) is 9.97 Å². The average Bonchev–Trinajstić information content (AvgIpc) is 2.99. The zero-order chi connectivity index (χ0) is 13.9. The van der Waals surface area contributed by atoms with Crippen molar-refractivity contribution < 1.29 is 0 Å². The molecule has 0 aliphatic heterocycles. The third-order valence-corrected chi connectivity index (χ3v) is 4.75. The van der Waals surface area contributed by atoms with Crippen LogP contribution in [0.3, 0.4) is 0 Å². The summed E-state index contributed by atoms with van der Waals surface area (Å²) in [6.07, 6.45) is 7.57. The van der Waals surface area contributed by atoms with E-state index in [2.05, 4.69) is 53.4 Å². The molecular formula is C17H23N3. The maximum Gasteiger partial charge on any atom is 0.0924 e. The molecule has 3 heteroatoms. The van der Waals surface area contributed by atoms with Crippen molar-refractivity contribution in [3.05, 3.63) is 36.8 Å². The van der Waals surface area contributed by atoms with Gasteiger partial charge in [0.15, 0.2) is 0 Å². The van der Waals surface area contributed by atoms with Crippen LogP contribution in [-0.2, 0) is 0 Å². The fourth-order valence-electron chi connectivity index (χ4n) is 3.16. The van der Waals surface area contributed by atoms with Gasteiger partial charge < -0.3 is 10.3 Å². The molecule has 3 nitrogen and oxygen atoms in total. The van der Waals surface area contributed by atoms with Gasteiger partial charge in [-0.2, -0.15) is 0 Å². The number of benzene rings is 1. The molecule has 2 N–H and O–H groups in total. The van der Waals surface area contributed by atoms with E-state index in [-0.39, 0.29) is 0 Å². The third kappa shape index (κ3) is 2.72. The van der Waals surface area contributed by atoms with E-state index >= 15 is 0 Å². The molecule has 1 aliphatic carbocycles. The van der Waals surface area contributed by atoms with Crippen molar-refractivity contribution >= 4 is 5.69 Å². The van der Waals surface area contributed by atoms with E-state index in [0.717, 1.165) is 17.5 Å². The smallest absolute Gasteiger partial charge is 0.0924 e. The number of anilines is 1. The highest BCUT2D eigenvalue weighted by Crippen LogP contribution is 2.31. The molecule has 1 aromatic carbocycles. The minimum Gasteiger partial charge on any atom is -0.382 e. The Labute approximate surface area is 120 Å². The number of nitrogens with one attached hydrogen (secondary N) is 2. The molecule has 1 saturated carbocycles. The molecule has 2 aromatic rings. The van der Waals surface area contributed by atoms with Gasteiger partial charge in [-0.25, -0.2) is 4.98 Å². The number of rotatable bonds is 3. The first-order valence-corrected chi connectivity index (χ1v) is 7.59. The summed E-state index contributed by atoms with van der Waals surface area (Å²) in [6.45, 7) is 4.75. The monoisotopic (exact) mass is 269 g/mol. The lowest BCUT2D eigenvalue weighted by atomic mass is 9.78. The third-order valence-electron chi connectivity index (χ3n) is 4.75. The molecule has 0 amide bonds. The number of nitrogens with zero attached hydrogens (tertiary/aromatic N) is 1. The summed E-state index contributed by atoms with van der Waals surface area (Å²) in [4.78, 5) is 7.20. The number of aromatic nitrogens is 2. The van der Waals surface area contributed by atoms with Crippen LogP contribution in [-0.4, -0.2) is 16.0 Å². The number of imidazole rings is 1. The van der Waals surface area contributed by atoms with Crippen molar-refractivity contribution in [3.63, 3.8) is 0 Å². The topological polar surface area (TPSA) is 40.7 Å². The zero-order valence-electron chi connectivity index (χ0n) is 12.3. The lowest BCUT2D eigenvalue weighted by Gasteiger charge is -2.35. The summed E-state index contributed by atoms with van der Waals surface area (Å²) in [7, 11) is 0. The van der Waals surface area contributed by atoms with Crippen LogP contribution in [0.2, 0.25) is 0 Å². The van der Waals surface area contributed by atoms with Crippen molar-refractivity contribution in [2.24, 2.45) is 11.8 Å². The number of aromatic amines is 1. The molecule has 0 saturated heterocycles. The summed E-state index contributed by atoms with van der Waals surface area (Å²) < 4.78 is 0. The molecule has 0 spiro atoms. The second-order valence-corrected chi connectivity index (χ2v) is 6.06. The van der Waals surface area contributed by atoms with E-state index in [4.69, 9.17) is 0 Å². The van der Waals surface area contributed by atoms with Gasteiger partial charge >= 0.3 is 0 Å². The van der Waals surface area contributed by atoms with Crippen LogP contribution in [0.15, 0.2) is 36.8 Å². The van der Waals surface area contributed by atoms with Gasteiger partial charge in [0, 0.05) is 11.7 Å². The van der Waals surface area contributed by atoms with Crippen LogP contribution >= 0.6 is 0 Å². The van der Waals surface area contributed by atoms with Crippen LogP contribution in [0.5, 0.6) is 0 Å². The van der Waals surface area contributed by atoms with Gasteiger partial charge in [-0.05, 0) is 36.0 Å². The summed E-state index contributed by atoms with van der Waals surface area (Å²) >= 11 is 0. The van der Waals surface area contributed by atoms with E-state index in [0.29, 0.717) is 6.04 Å². The lowest BCUT2D eigenvalue weighted by molar-refractivity contribution is 0.253. The minimum atomic E-state index is 0.608. The summed E-state index contributed by atoms with van der Waals surface area (Å²) in [5.41, 5.74) is 3.47. The van der Waals surface area contributed by atoms with Gasteiger partial charge in [0.2, 0.25) is 0 Å². The molecule has 106 valence electrons. The second-order valence-electron chi connectivity index (χ2n) is 6.06. The second kappa shape index (κ2) is 5.70. The van der Waals surface area contributed by atoms with Gasteiger partial charge in [0.1, 0.15) is 0 Å². The number of hydrogen-bond donors (Lipinski definition) is 2. The minimum absolute atomic E-state index is 0.608. The molecule has 3 unspecified atom stereocenters. The van der Waals surface area contributed by atoms with Crippen LogP contribution in [0.4, 0.5) is 5.69 Å². The summed E-state index contributed by atoms with van der Waals surface area (Å²) in [5.74, 6) is 1.57. The normalized spacial score (nSPS) is 26.4. The van der Waals surface area contributed by atoms with Gasteiger partial charge in [0.05, 0.1) is 18.2 Å². The van der Waals surface area contributed by atoms with E-state index in [9.17, 15) is 0 Å². The van der Waals surface area contributed by atoms with Crippen molar-refractivity contribution in [2.75, 3.05) is 5.32 Å². The molecule has 0 bridgehead atoms. The average molecular weight is 269 g/mol. The Kier molecular flexibility index (Phi) is 3.77. The summed E-state index contributed by atoms with van der Waals surface area (Å²) in [5, 5.41) is 3.71. The highest BCUT2D eigenvalue weighted by atomic mass is 14.9. The molecule has 1 aromatic heterocycles. The molecular weight excluding hydrogens is 246 g/mol. The SMILES string of the molecule is CC1CCCC(Nc2ccc(-c3cnc[nH]3)cc2)C1C. The van der Waals surface area contributed by atoms with Crippen LogP contribution in [0, 0.1) is 11.8 Å². The molecule has 1 heterocycles. The van der Waals surface area contributed by atoms with Gasteiger partial charge in [-0.3, -0.25) is 0 Å². The molecule has 3 rings (SSSR count). The van der Waals surface area contributed by atoms with Gasteiger partial charge in [-0.1, -0.05) is 38.8 Å². The maximum absolute atomic E-state index is 4.06. The van der Waals surface area contributed by atoms with E-state index in [1.165, 1.54) is 30.5 Å². The molecule has 1 fully saturated rings. The Bertz CT molecular complexity index is 530. The number of hydrogen-bond acceptors (Lipinski definition) is 2. The standard InChI is InChI=1S/C17H23N3/c1-12-4-3-5-16(13(12)2)20-15-8-6-14(7-9-15)17-10-18-11-19-17/h6-13,16,20H,3-5H2,1-2H3,(H,18,19). The lowest BCUT2D eigenvalue weighted by Crippen LogP contribution is -2.34.